The fourth-order valence-corrected chi connectivity index (χ4v) is 3.55. The lowest BCUT2D eigenvalue weighted by Gasteiger charge is -2.16. The van der Waals surface area contributed by atoms with Crippen molar-refractivity contribution in [1.82, 2.24) is 10.3 Å². The summed E-state index contributed by atoms with van der Waals surface area (Å²) in [5.41, 5.74) is 3.29. The number of carbonyl (C=O) groups excluding carboxylic acids is 1. The molecule has 3 unspecified atom stereocenters. The molecule has 0 saturated heterocycles. The predicted molar refractivity (Wildman–Crippen MR) is 103 cm³/mol. The second-order valence-electron chi connectivity index (χ2n) is 7.21. The van der Waals surface area contributed by atoms with E-state index in [1.54, 1.807) is 12.4 Å². The van der Waals surface area contributed by atoms with Crippen LogP contribution in [0.3, 0.4) is 0 Å². The van der Waals surface area contributed by atoms with Crippen molar-refractivity contribution < 1.29 is 13.6 Å². The summed E-state index contributed by atoms with van der Waals surface area (Å²) >= 11 is 0. The van der Waals surface area contributed by atoms with Crippen molar-refractivity contribution in [1.29, 1.82) is 0 Å². The van der Waals surface area contributed by atoms with Crippen LogP contribution in [-0.4, -0.2) is 10.9 Å². The van der Waals surface area contributed by atoms with Crippen molar-refractivity contribution in [3.05, 3.63) is 89.8 Å². The number of amides is 1. The second kappa shape index (κ2) is 7.50. The number of aromatic nitrogens is 1. The van der Waals surface area contributed by atoms with Crippen LogP contribution in [0.25, 0.3) is 11.1 Å². The van der Waals surface area contributed by atoms with Crippen molar-refractivity contribution in [3.63, 3.8) is 0 Å². The minimum atomic E-state index is -0.483. The van der Waals surface area contributed by atoms with Crippen molar-refractivity contribution in [2.24, 2.45) is 5.92 Å². The van der Waals surface area contributed by atoms with Gasteiger partial charge in [0.15, 0.2) is 0 Å². The first-order valence-electron chi connectivity index (χ1n) is 9.28. The summed E-state index contributed by atoms with van der Waals surface area (Å²) in [5, 5.41) is 3.00. The first-order chi connectivity index (χ1) is 13.5. The molecule has 0 bridgehead atoms. The Hall–Kier alpha value is -3.08. The topological polar surface area (TPSA) is 42.0 Å². The number of nitrogens with zero attached hydrogens (tertiary/aromatic N) is 1. The van der Waals surface area contributed by atoms with Crippen LogP contribution in [0.4, 0.5) is 8.78 Å². The summed E-state index contributed by atoms with van der Waals surface area (Å²) in [4.78, 5) is 16.7. The Balaban J connectivity index is 1.44. The largest absolute Gasteiger partial charge is 0.349 e. The van der Waals surface area contributed by atoms with Crippen LogP contribution >= 0.6 is 0 Å². The van der Waals surface area contributed by atoms with E-state index in [9.17, 15) is 13.6 Å². The Labute approximate surface area is 162 Å². The number of rotatable bonds is 5. The summed E-state index contributed by atoms with van der Waals surface area (Å²) < 4.78 is 27.3. The first-order valence-corrected chi connectivity index (χ1v) is 9.28. The third-order valence-corrected chi connectivity index (χ3v) is 5.22. The smallest absolute Gasteiger partial charge is 0.224 e. The fraction of sp³-hybridized carbons (Fsp3) is 0.217. The SMILES string of the molecule is CC(NC(=O)C1CC1c1cc(F)ccc1F)c1cccc(-c2cccnc2)c1. The number of hydrogen-bond donors (Lipinski definition) is 1. The molecule has 3 atom stereocenters. The van der Waals surface area contributed by atoms with Crippen LogP contribution in [0.5, 0.6) is 0 Å². The molecule has 0 spiro atoms. The zero-order valence-corrected chi connectivity index (χ0v) is 15.4. The first kappa shape index (κ1) is 18.3. The molecule has 0 radical (unpaired) electrons. The zero-order valence-electron chi connectivity index (χ0n) is 15.4. The molecule has 0 aliphatic heterocycles. The number of benzene rings is 2. The van der Waals surface area contributed by atoms with Crippen LogP contribution in [0.1, 0.15) is 36.4 Å². The molecule has 1 amide bonds. The van der Waals surface area contributed by atoms with E-state index in [-0.39, 0.29) is 29.3 Å². The van der Waals surface area contributed by atoms with Gasteiger partial charge in [-0.15, -0.1) is 0 Å². The van der Waals surface area contributed by atoms with Gasteiger partial charge in [0, 0.05) is 18.3 Å². The Morgan fingerprint density at radius 1 is 1.11 bits per heavy atom. The van der Waals surface area contributed by atoms with Gasteiger partial charge in [-0.25, -0.2) is 8.78 Å². The predicted octanol–water partition coefficient (Wildman–Crippen LogP) is 5.01. The second-order valence-corrected chi connectivity index (χ2v) is 7.21. The minimum Gasteiger partial charge on any atom is -0.349 e. The molecule has 142 valence electrons. The molecule has 1 aliphatic carbocycles. The molecule has 1 aromatic heterocycles. The molecule has 28 heavy (non-hydrogen) atoms. The van der Waals surface area contributed by atoms with E-state index in [0.29, 0.717) is 6.42 Å². The average Bonchev–Trinajstić information content (AvgIpc) is 3.51. The maximum atomic E-state index is 13.9. The standard InChI is InChI=1S/C23H20F2N2O/c1-14(15-4-2-5-16(10-15)17-6-3-9-26-13-17)27-23(28)21-12-19(21)20-11-18(24)7-8-22(20)25/h2-11,13-14,19,21H,12H2,1H3,(H,27,28). The van der Waals surface area contributed by atoms with E-state index in [0.717, 1.165) is 28.8 Å². The van der Waals surface area contributed by atoms with E-state index in [1.165, 1.54) is 6.07 Å². The van der Waals surface area contributed by atoms with Gasteiger partial charge in [-0.2, -0.15) is 0 Å². The summed E-state index contributed by atoms with van der Waals surface area (Å²) in [6, 6.07) is 15.0. The maximum absolute atomic E-state index is 13.9. The monoisotopic (exact) mass is 378 g/mol. The van der Waals surface area contributed by atoms with Gasteiger partial charge in [0.1, 0.15) is 11.6 Å². The molecular formula is C23H20F2N2O. The van der Waals surface area contributed by atoms with Gasteiger partial charge in [-0.05, 0) is 71.8 Å². The van der Waals surface area contributed by atoms with Gasteiger partial charge in [-0.3, -0.25) is 9.78 Å². The Kier molecular flexibility index (Phi) is 4.90. The Morgan fingerprint density at radius 2 is 1.93 bits per heavy atom. The fourth-order valence-electron chi connectivity index (χ4n) is 3.55. The van der Waals surface area contributed by atoms with E-state index in [4.69, 9.17) is 0 Å². The van der Waals surface area contributed by atoms with Gasteiger partial charge in [0.25, 0.3) is 0 Å². The van der Waals surface area contributed by atoms with Crippen molar-refractivity contribution in [2.75, 3.05) is 0 Å². The number of pyridine rings is 1. The van der Waals surface area contributed by atoms with Crippen molar-refractivity contribution >= 4 is 5.91 Å². The van der Waals surface area contributed by atoms with Crippen molar-refractivity contribution in [3.8, 4) is 11.1 Å². The molecular weight excluding hydrogens is 358 g/mol. The highest BCUT2D eigenvalue weighted by molar-refractivity contribution is 5.83. The zero-order chi connectivity index (χ0) is 19.7. The van der Waals surface area contributed by atoms with E-state index in [2.05, 4.69) is 10.3 Å². The average molecular weight is 378 g/mol. The molecule has 3 nitrogen and oxygen atoms in total. The van der Waals surface area contributed by atoms with E-state index >= 15 is 0 Å². The van der Waals surface area contributed by atoms with Crippen LogP contribution in [0, 0.1) is 17.6 Å². The quantitative estimate of drug-likeness (QED) is 0.678. The Bertz CT molecular complexity index is 1010. The van der Waals surface area contributed by atoms with Crippen LogP contribution in [0.15, 0.2) is 67.0 Å². The lowest BCUT2D eigenvalue weighted by atomic mass is 10.0. The van der Waals surface area contributed by atoms with Gasteiger partial charge >= 0.3 is 0 Å². The molecule has 3 aromatic rings. The Morgan fingerprint density at radius 3 is 2.71 bits per heavy atom. The number of nitrogens with one attached hydrogen (secondary N) is 1. The van der Waals surface area contributed by atoms with Crippen molar-refractivity contribution in [2.45, 2.75) is 25.3 Å². The molecule has 1 fully saturated rings. The third-order valence-electron chi connectivity index (χ3n) is 5.22. The third kappa shape index (κ3) is 3.79. The number of halogens is 2. The summed E-state index contributed by atoms with van der Waals surface area (Å²) in [6.07, 6.45) is 4.06. The normalized spacial score (nSPS) is 19.1. The van der Waals surface area contributed by atoms with Crippen LogP contribution < -0.4 is 5.32 Å². The molecule has 5 heteroatoms. The lowest BCUT2D eigenvalue weighted by Crippen LogP contribution is -2.28. The molecule has 1 aliphatic rings. The number of carbonyl (C=O) groups is 1. The molecule has 1 saturated carbocycles. The molecule has 1 heterocycles. The highest BCUT2D eigenvalue weighted by Gasteiger charge is 2.45. The highest BCUT2D eigenvalue weighted by atomic mass is 19.1. The van der Waals surface area contributed by atoms with Gasteiger partial charge in [0.05, 0.1) is 6.04 Å². The van der Waals surface area contributed by atoms with Gasteiger partial charge in [-0.1, -0.05) is 24.3 Å². The minimum absolute atomic E-state index is 0.132. The maximum Gasteiger partial charge on any atom is 0.224 e. The summed E-state index contributed by atoms with van der Waals surface area (Å²) in [7, 11) is 0. The summed E-state index contributed by atoms with van der Waals surface area (Å²) in [6.45, 7) is 1.92. The molecule has 4 rings (SSSR count). The van der Waals surface area contributed by atoms with E-state index < -0.39 is 11.6 Å². The highest BCUT2D eigenvalue weighted by Crippen LogP contribution is 2.48. The van der Waals surface area contributed by atoms with Gasteiger partial charge in [0.2, 0.25) is 5.91 Å². The van der Waals surface area contributed by atoms with Crippen LogP contribution in [-0.2, 0) is 4.79 Å². The molecule has 2 aromatic carbocycles. The van der Waals surface area contributed by atoms with Gasteiger partial charge < -0.3 is 5.32 Å². The van der Waals surface area contributed by atoms with Crippen LogP contribution in [0.2, 0.25) is 0 Å². The number of hydrogen-bond acceptors (Lipinski definition) is 2. The van der Waals surface area contributed by atoms with E-state index in [1.807, 2.05) is 43.3 Å². The molecule has 1 N–H and O–H groups in total. The summed E-state index contributed by atoms with van der Waals surface area (Å²) in [5.74, 6) is -1.65. The lowest BCUT2D eigenvalue weighted by molar-refractivity contribution is -0.123.